The number of Topliss-reactive ketones (excluding diaryl/α,β-unsaturated/α-hetero) is 1. The number of allylic oxidation sites excluding steroid dienone is 6. The number of imide groups is 1. The Labute approximate surface area is 224 Å². The number of ketones is 2. The zero-order chi connectivity index (χ0) is 28.2. The van der Waals surface area contributed by atoms with Crippen molar-refractivity contribution in [2.75, 3.05) is 20.8 Å². The lowest BCUT2D eigenvalue weighted by molar-refractivity contribution is -0.142. The van der Waals surface area contributed by atoms with Crippen LogP contribution in [0, 0.1) is 17.8 Å². The molecule has 1 saturated heterocycles. The van der Waals surface area contributed by atoms with Crippen molar-refractivity contribution in [3.8, 4) is 17.2 Å². The molecule has 0 aromatic heterocycles. The highest BCUT2D eigenvalue weighted by Crippen LogP contribution is 2.56. The smallest absolute Gasteiger partial charge is 0.303 e. The van der Waals surface area contributed by atoms with Crippen molar-refractivity contribution in [3.05, 3.63) is 52.1 Å². The molecule has 4 aliphatic rings. The third-order valence-corrected chi connectivity index (χ3v) is 8.26. The summed E-state index contributed by atoms with van der Waals surface area (Å²) >= 11 is 0. The molecule has 0 spiro atoms. The fourth-order valence-corrected chi connectivity index (χ4v) is 6.50. The summed E-state index contributed by atoms with van der Waals surface area (Å²) in [4.78, 5) is 65.7. The fraction of sp³-hybridized carbons (Fsp3) is 0.414. The molecule has 1 aromatic carbocycles. The van der Waals surface area contributed by atoms with Crippen LogP contribution in [0.2, 0.25) is 0 Å². The monoisotopic (exact) mass is 535 g/mol. The molecule has 39 heavy (non-hydrogen) atoms. The Bertz CT molecular complexity index is 1390. The van der Waals surface area contributed by atoms with Crippen molar-refractivity contribution in [3.63, 3.8) is 0 Å². The van der Waals surface area contributed by atoms with Crippen LogP contribution in [0.5, 0.6) is 17.2 Å². The molecule has 0 saturated carbocycles. The van der Waals surface area contributed by atoms with E-state index in [0.717, 1.165) is 10.5 Å². The summed E-state index contributed by atoms with van der Waals surface area (Å²) < 4.78 is 10.7. The van der Waals surface area contributed by atoms with Gasteiger partial charge in [0.2, 0.25) is 17.6 Å². The molecule has 1 aromatic rings. The number of carbonyl (C=O) groups excluding carboxylic acids is 4. The van der Waals surface area contributed by atoms with E-state index in [4.69, 9.17) is 14.6 Å². The quantitative estimate of drug-likeness (QED) is 0.305. The number of phenols is 1. The average molecular weight is 536 g/mol. The number of carboxylic acid groups (broad SMARTS) is 1. The number of carbonyl (C=O) groups is 5. The minimum atomic E-state index is -1.01. The number of rotatable bonds is 7. The summed E-state index contributed by atoms with van der Waals surface area (Å²) in [5, 5.41) is 19.5. The lowest BCUT2D eigenvalue weighted by Gasteiger charge is -2.42. The predicted octanol–water partition coefficient (Wildman–Crippen LogP) is 2.70. The number of phenolic OH excluding ortho intramolecular Hbond substituents is 1. The molecule has 2 amide bonds. The van der Waals surface area contributed by atoms with Crippen molar-refractivity contribution in [1.29, 1.82) is 0 Å². The Kier molecular flexibility index (Phi) is 6.65. The highest BCUT2D eigenvalue weighted by atomic mass is 16.5. The van der Waals surface area contributed by atoms with Crippen LogP contribution in [0.3, 0.4) is 0 Å². The van der Waals surface area contributed by atoms with E-state index in [1.54, 1.807) is 19.1 Å². The normalized spacial score (nSPS) is 26.1. The number of likely N-dealkylation sites (tertiary alicyclic amines) is 1. The third kappa shape index (κ3) is 4.14. The van der Waals surface area contributed by atoms with Crippen LogP contribution >= 0.6 is 0 Å². The van der Waals surface area contributed by atoms with E-state index in [1.165, 1.54) is 20.3 Å². The van der Waals surface area contributed by atoms with E-state index in [-0.39, 0.29) is 72.9 Å². The summed E-state index contributed by atoms with van der Waals surface area (Å²) in [6.45, 7) is 1.60. The van der Waals surface area contributed by atoms with Crippen molar-refractivity contribution >= 4 is 29.4 Å². The SMILES string of the molecule is COc1cc(C2C3=CCC4C(=O)N(CCCC(=O)O)C(=O)C4C3CC3=C2C(=O)C(C)=CC3=O)cc(OC)c1O. The Morgan fingerprint density at radius 3 is 2.33 bits per heavy atom. The van der Waals surface area contributed by atoms with Crippen LogP contribution in [-0.4, -0.2) is 65.2 Å². The molecule has 3 aliphatic carbocycles. The first-order valence-electron chi connectivity index (χ1n) is 12.8. The number of carboxylic acids is 1. The molecule has 10 nitrogen and oxygen atoms in total. The van der Waals surface area contributed by atoms with Crippen molar-refractivity contribution in [2.24, 2.45) is 17.8 Å². The highest BCUT2D eigenvalue weighted by molar-refractivity contribution is 6.23. The summed E-state index contributed by atoms with van der Waals surface area (Å²) in [5.41, 5.74) is 2.26. The second-order valence-corrected chi connectivity index (χ2v) is 10.3. The maximum Gasteiger partial charge on any atom is 0.303 e. The van der Waals surface area contributed by atoms with E-state index in [9.17, 15) is 29.1 Å². The van der Waals surface area contributed by atoms with Gasteiger partial charge in [-0.1, -0.05) is 11.6 Å². The van der Waals surface area contributed by atoms with Crippen LogP contribution in [0.1, 0.15) is 44.1 Å². The number of aliphatic carboxylic acids is 1. The van der Waals surface area contributed by atoms with Gasteiger partial charge in [-0.3, -0.25) is 28.9 Å². The van der Waals surface area contributed by atoms with E-state index in [1.807, 2.05) is 6.08 Å². The van der Waals surface area contributed by atoms with Crippen molar-refractivity contribution in [1.82, 2.24) is 4.90 Å². The van der Waals surface area contributed by atoms with E-state index in [2.05, 4.69) is 0 Å². The first kappa shape index (κ1) is 26.4. The average Bonchev–Trinajstić information content (AvgIpc) is 3.15. The van der Waals surface area contributed by atoms with Gasteiger partial charge in [0.1, 0.15) is 0 Å². The molecule has 1 aliphatic heterocycles. The second-order valence-electron chi connectivity index (χ2n) is 10.3. The Morgan fingerprint density at radius 1 is 1.05 bits per heavy atom. The van der Waals surface area contributed by atoms with Gasteiger partial charge in [0.25, 0.3) is 0 Å². The van der Waals surface area contributed by atoms with Crippen LogP contribution in [0.15, 0.2) is 46.6 Å². The number of nitrogens with zero attached hydrogens (tertiary/aromatic N) is 1. The van der Waals surface area contributed by atoms with Crippen molar-refractivity contribution < 1.29 is 43.7 Å². The number of aromatic hydroxyl groups is 1. The minimum Gasteiger partial charge on any atom is -0.502 e. The number of hydrogen-bond donors (Lipinski definition) is 2. The fourth-order valence-electron chi connectivity index (χ4n) is 6.50. The van der Waals surface area contributed by atoms with Crippen LogP contribution < -0.4 is 9.47 Å². The van der Waals surface area contributed by atoms with Gasteiger partial charge in [0.05, 0.1) is 26.1 Å². The van der Waals surface area contributed by atoms with Gasteiger partial charge in [-0.15, -0.1) is 0 Å². The lowest BCUT2D eigenvalue weighted by Crippen LogP contribution is -2.40. The largest absolute Gasteiger partial charge is 0.502 e. The predicted molar refractivity (Wildman–Crippen MR) is 136 cm³/mol. The maximum atomic E-state index is 13.6. The molecule has 4 unspecified atom stereocenters. The van der Waals surface area contributed by atoms with Gasteiger partial charge < -0.3 is 19.7 Å². The second kappa shape index (κ2) is 9.83. The molecule has 1 fully saturated rings. The van der Waals surface area contributed by atoms with Gasteiger partial charge in [0, 0.05) is 35.6 Å². The topological polar surface area (TPSA) is 148 Å². The number of hydrogen-bond acceptors (Lipinski definition) is 8. The van der Waals surface area contributed by atoms with Gasteiger partial charge >= 0.3 is 5.97 Å². The molecule has 0 bridgehead atoms. The van der Waals surface area contributed by atoms with Gasteiger partial charge in [0.15, 0.2) is 23.1 Å². The summed E-state index contributed by atoms with van der Waals surface area (Å²) in [7, 11) is 2.78. The molecule has 1 heterocycles. The number of fused-ring (bicyclic) bond motifs is 3. The molecular formula is C29H29NO9. The summed E-state index contributed by atoms with van der Waals surface area (Å²) in [6.07, 6.45) is 3.61. The summed E-state index contributed by atoms with van der Waals surface area (Å²) in [5.74, 6) is -4.82. The van der Waals surface area contributed by atoms with Crippen molar-refractivity contribution in [2.45, 2.75) is 38.5 Å². The molecule has 2 N–H and O–H groups in total. The maximum absolute atomic E-state index is 13.6. The van der Waals surface area contributed by atoms with Crippen LogP contribution in [0.4, 0.5) is 0 Å². The minimum absolute atomic E-state index is 0.0160. The van der Waals surface area contributed by atoms with Crippen LogP contribution in [0.25, 0.3) is 0 Å². The first-order chi connectivity index (χ1) is 18.6. The van der Waals surface area contributed by atoms with E-state index >= 15 is 0 Å². The Morgan fingerprint density at radius 2 is 1.72 bits per heavy atom. The van der Waals surface area contributed by atoms with E-state index < -0.39 is 29.6 Å². The summed E-state index contributed by atoms with van der Waals surface area (Å²) in [6, 6.07) is 3.18. The molecule has 5 rings (SSSR count). The lowest BCUT2D eigenvalue weighted by atomic mass is 9.59. The van der Waals surface area contributed by atoms with Gasteiger partial charge in [-0.05, 0) is 55.9 Å². The van der Waals surface area contributed by atoms with Gasteiger partial charge in [-0.25, -0.2) is 0 Å². The molecule has 4 atom stereocenters. The number of benzene rings is 1. The molecular weight excluding hydrogens is 506 g/mol. The molecule has 204 valence electrons. The van der Waals surface area contributed by atoms with Crippen LogP contribution in [-0.2, 0) is 24.0 Å². The third-order valence-electron chi connectivity index (χ3n) is 8.26. The highest BCUT2D eigenvalue weighted by Gasteiger charge is 2.56. The number of ether oxygens (including phenoxy) is 2. The molecule has 10 heteroatoms. The first-order valence-corrected chi connectivity index (χ1v) is 12.8. The van der Waals surface area contributed by atoms with Gasteiger partial charge in [-0.2, -0.15) is 0 Å². The number of methoxy groups -OCH3 is 2. The zero-order valence-corrected chi connectivity index (χ0v) is 21.9. The molecule has 0 radical (unpaired) electrons. The standard InChI is InChI=1S/C29H29NO9/c1-13-9-19(31)18-12-17-15(6-7-16-24(17)29(37)30(28(16)36)8-4-5-22(32)33)23(25(18)26(13)34)14-10-20(38-2)27(35)21(11-14)39-3/h6,9-11,16-17,23-24,35H,4-5,7-8,12H2,1-3H3,(H,32,33). The number of amides is 2. The Balaban J connectivity index is 1.62. The Hall–Kier alpha value is -4.21. The van der Waals surface area contributed by atoms with E-state index in [0.29, 0.717) is 22.3 Å². The zero-order valence-electron chi connectivity index (χ0n) is 21.9.